The first-order valence-electron chi connectivity index (χ1n) is 9.92. The van der Waals surface area contributed by atoms with Crippen molar-refractivity contribution in [2.45, 2.75) is 18.9 Å². The van der Waals surface area contributed by atoms with Gasteiger partial charge in [0.2, 0.25) is 0 Å². The molecule has 0 spiro atoms. The van der Waals surface area contributed by atoms with E-state index in [-0.39, 0.29) is 23.9 Å². The number of likely N-dealkylation sites (tertiary alicyclic amines) is 1. The van der Waals surface area contributed by atoms with Crippen LogP contribution in [0, 0.1) is 5.82 Å². The molecule has 2 aromatic rings. The largest absolute Gasteiger partial charge is 0.370 e. The summed E-state index contributed by atoms with van der Waals surface area (Å²) in [6.45, 7) is 2.82. The molecule has 0 radical (unpaired) electrons. The van der Waals surface area contributed by atoms with Crippen molar-refractivity contribution < 1.29 is 18.7 Å². The third-order valence-corrected chi connectivity index (χ3v) is 5.35. The summed E-state index contributed by atoms with van der Waals surface area (Å²) in [6.07, 6.45) is 1.78. The molecule has 2 saturated heterocycles. The van der Waals surface area contributed by atoms with E-state index in [2.05, 4.69) is 5.32 Å². The van der Waals surface area contributed by atoms with Gasteiger partial charge in [-0.15, -0.1) is 0 Å². The molecule has 2 heterocycles. The van der Waals surface area contributed by atoms with Crippen LogP contribution in [0.4, 0.5) is 14.9 Å². The molecule has 2 aromatic carbocycles. The van der Waals surface area contributed by atoms with E-state index in [9.17, 15) is 14.0 Å². The molecule has 4 rings (SSSR count). The summed E-state index contributed by atoms with van der Waals surface area (Å²) in [5.74, 6) is -0.302. The van der Waals surface area contributed by atoms with Crippen LogP contribution in [0.5, 0.6) is 0 Å². The minimum atomic E-state index is -0.303. The van der Waals surface area contributed by atoms with Crippen molar-refractivity contribution in [3.05, 3.63) is 65.5 Å². The Balaban J connectivity index is 1.40. The predicted octanol–water partition coefficient (Wildman–Crippen LogP) is 3.67. The number of halogens is 1. The molecular weight excluding hydrogens is 373 g/mol. The highest BCUT2D eigenvalue weighted by Crippen LogP contribution is 2.23. The first-order chi connectivity index (χ1) is 14.1. The second-order valence-electron chi connectivity index (χ2n) is 7.37. The highest BCUT2D eigenvalue weighted by molar-refractivity contribution is 5.97. The minimum absolute atomic E-state index is 0.00125. The lowest BCUT2D eigenvalue weighted by atomic mass is 10.1. The van der Waals surface area contributed by atoms with Crippen molar-refractivity contribution >= 4 is 17.6 Å². The van der Waals surface area contributed by atoms with Gasteiger partial charge in [-0.05, 0) is 48.7 Å². The average molecular weight is 397 g/mol. The molecule has 29 heavy (non-hydrogen) atoms. The number of rotatable bonds is 3. The zero-order valence-electron chi connectivity index (χ0n) is 16.1. The third kappa shape index (κ3) is 4.56. The smallest absolute Gasteiger partial charge is 0.322 e. The van der Waals surface area contributed by atoms with Crippen molar-refractivity contribution in [3.8, 4) is 0 Å². The Hall–Kier alpha value is -2.93. The molecule has 6 nitrogen and oxygen atoms in total. The molecule has 0 saturated carbocycles. The van der Waals surface area contributed by atoms with Crippen LogP contribution in [-0.2, 0) is 4.74 Å². The van der Waals surface area contributed by atoms with Gasteiger partial charge in [0.1, 0.15) is 11.9 Å². The Labute approximate surface area is 169 Å². The van der Waals surface area contributed by atoms with Crippen molar-refractivity contribution in [2.75, 3.05) is 38.1 Å². The maximum absolute atomic E-state index is 13.1. The van der Waals surface area contributed by atoms with Gasteiger partial charge in [-0.25, -0.2) is 9.18 Å². The number of amides is 3. The molecule has 0 aliphatic carbocycles. The van der Waals surface area contributed by atoms with E-state index < -0.39 is 0 Å². The lowest BCUT2D eigenvalue weighted by Crippen LogP contribution is -2.44. The molecule has 7 heteroatoms. The van der Waals surface area contributed by atoms with E-state index in [1.807, 2.05) is 4.90 Å². The zero-order valence-corrected chi connectivity index (χ0v) is 16.1. The molecule has 1 atom stereocenters. The van der Waals surface area contributed by atoms with Crippen LogP contribution >= 0.6 is 0 Å². The van der Waals surface area contributed by atoms with Gasteiger partial charge in [0, 0.05) is 30.9 Å². The summed E-state index contributed by atoms with van der Waals surface area (Å²) in [5.41, 5.74) is 2.00. The average Bonchev–Trinajstić information content (AvgIpc) is 3.29. The van der Waals surface area contributed by atoms with Crippen LogP contribution in [0.15, 0.2) is 48.5 Å². The van der Waals surface area contributed by atoms with Crippen molar-refractivity contribution in [1.82, 2.24) is 9.80 Å². The number of hydrogen-bond acceptors (Lipinski definition) is 3. The van der Waals surface area contributed by atoms with Crippen molar-refractivity contribution in [1.29, 1.82) is 0 Å². The SMILES string of the molecule is O=C(Nc1cccc(C(=O)N2CCCC2)c1)N1CCOC(c2ccc(F)cc2)C1. The summed E-state index contributed by atoms with van der Waals surface area (Å²) in [5, 5.41) is 2.88. The number of nitrogens with one attached hydrogen (secondary N) is 1. The van der Waals surface area contributed by atoms with Crippen LogP contribution in [0.25, 0.3) is 0 Å². The molecule has 0 aromatic heterocycles. The number of benzene rings is 2. The first kappa shape index (κ1) is 19.4. The Morgan fingerprint density at radius 2 is 1.76 bits per heavy atom. The maximum atomic E-state index is 13.1. The number of ether oxygens (including phenoxy) is 1. The molecule has 2 fully saturated rings. The second kappa shape index (κ2) is 8.61. The number of carbonyl (C=O) groups excluding carboxylic acids is 2. The van der Waals surface area contributed by atoms with Crippen molar-refractivity contribution in [2.24, 2.45) is 0 Å². The summed E-state index contributed by atoms with van der Waals surface area (Å²) < 4.78 is 18.9. The molecule has 1 N–H and O–H groups in total. The fourth-order valence-electron chi connectivity index (χ4n) is 3.75. The van der Waals surface area contributed by atoms with Gasteiger partial charge < -0.3 is 19.9 Å². The minimum Gasteiger partial charge on any atom is -0.370 e. The van der Waals surface area contributed by atoms with Gasteiger partial charge in [0.05, 0.1) is 13.2 Å². The highest BCUT2D eigenvalue weighted by atomic mass is 19.1. The van der Waals surface area contributed by atoms with E-state index in [1.165, 1.54) is 12.1 Å². The van der Waals surface area contributed by atoms with E-state index in [0.29, 0.717) is 30.9 Å². The number of nitrogens with zero attached hydrogens (tertiary/aromatic N) is 2. The Kier molecular flexibility index (Phi) is 5.76. The summed E-state index contributed by atoms with van der Waals surface area (Å²) in [4.78, 5) is 28.8. The maximum Gasteiger partial charge on any atom is 0.322 e. The van der Waals surface area contributed by atoms with Crippen LogP contribution in [-0.4, -0.2) is 54.5 Å². The lowest BCUT2D eigenvalue weighted by molar-refractivity contribution is -0.0135. The first-order valence-corrected chi connectivity index (χ1v) is 9.92. The molecule has 3 amide bonds. The number of morpholine rings is 1. The number of anilines is 1. The number of hydrogen-bond donors (Lipinski definition) is 1. The Morgan fingerprint density at radius 1 is 1.00 bits per heavy atom. The van der Waals surface area contributed by atoms with Gasteiger partial charge in [-0.2, -0.15) is 0 Å². The quantitative estimate of drug-likeness (QED) is 0.860. The van der Waals surface area contributed by atoms with Crippen molar-refractivity contribution in [3.63, 3.8) is 0 Å². The predicted molar refractivity (Wildman–Crippen MR) is 107 cm³/mol. The third-order valence-electron chi connectivity index (χ3n) is 5.35. The van der Waals surface area contributed by atoms with Gasteiger partial charge in [-0.1, -0.05) is 18.2 Å². The van der Waals surface area contributed by atoms with Crippen LogP contribution in [0.3, 0.4) is 0 Å². The fourth-order valence-corrected chi connectivity index (χ4v) is 3.75. The molecule has 1 unspecified atom stereocenters. The van der Waals surface area contributed by atoms with Crippen LogP contribution in [0.1, 0.15) is 34.9 Å². The molecule has 2 aliphatic rings. The van der Waals surface area contributed by atoms with E-state index in [4.69, 9.17) is 4.74 Å². The number of urea groups is 1. The van der Waals surface area contributed by atoms with Gasteiger partial charge in [0.25, 0.3) is 5.91 Å². The molecule has 2 aliphatic heterocycles. The van der Waals surface area contributed by atoms with Gasteiger partial charge in [-0.3, -0.25) is 4.79 Å². The standard InChI is InChI=1S/C22H24FN3O3/c23-18-8-6-16(7-9-18)20-15-26(12-13-29-20)22(28)24-19-5-3-4-17(14-19)21(27)25-10-1-2-11-25/h3-9,14,20H,1-2,10-13,15H2,(H,24,28). The number of carbonyl (C=O) groups is 2. The van der Waals surface area contributed by atoms with Gasteiger partial charge >= 0.3 is 6.03 Å². The second-order valence-corrected chi connectivity index (χ2v) is 7.37. The van der Waals surface area contributed by atoms with Gasteiger partial charge in [0.15, 0.2) is 0 Å². The molecule has 152 valence electrons. The fraction of sp³-hybridized carbons (Fsp3) is 0.364. The summed E-state index contributed by atoms with van der Waals surface area (Å²) in [6, 6.07) is 12.9. The normalized spacial score (nSPS) is 19.3. The summed E-state index contributed by atoms with van der Waals surface area (Å²) in [7, 11) is 0. The summed E-state index contributed by atoms with van der Waals surface area (Å²) >= 11 is 0. The monoisotopic (exact) mass is 397 g/mol. The van der Waals surface area contributed by atoms with E-state index in [1.54, 1.807) is 41.3 Å². The van der Waals surface area contributed by atoms with Crippen LogP contribution < -0.4 is 5.32 Å². The lowest BCUT2D eigenvalue weighted by Gasteiger charge is -2.33. The topological polar surface area (TPSA) is 61.9 Å². The van der Waals surface area contributed by atoms with Crippen LogP contribution in [0.2, 0.25) is 0 Å². The Morgan fingerprint density at radius 3 is 2.52 bits per heavy atom. The molecule has 0 bridgehead atoms. The van der Waals surface area contributed by atoms with E-state index in [0.717, 1.165) is 31.5 Å². The van der Waals surface area contributed by atoms with E-state index >= 15 is 0 Å². The Bertz CT molecular complexity index is 881. The zero-order chi connectivity index (χ0) is 20.2. The highest BCUT2D eigenvalue weighted by Gasteiger charge is 2.26. The molecular formula is C22H24FN3O3.